The standard InChI is InChI=1S/C20H19ClN2O7/c1-9-22-19(30-23-9)11-7-12(28-5-4-24)14-17(26)15-13(27-3)6-10(25)8-20(15,2)29-18(14)16(11)21/h6-7,15,24H,4-5,8H2,1-3H3/t15-,20+/m1/s1. The van der Waals surface area contributed by atoms with Gasteiger partial charge in [0.25, 0.3) is 5.89 Å². The highest BCUT2D eigenvalue weighted by molar-refractivity contribution is 6.35. The van der Waals surface area contributed by atoms with Crippen molar-refractivity contribution in [2.24, 2.45) is 5.92 Å². The number of aliphatic hydroxyl groups is 1. The summed E-state index contributed by atoms with van der Waals surface area (Å²) in [5.41, 5.74) is -0.778. The zero-order valence-corrected chi connectivity index (χ0v) is 17.3. The topological polar surface area (TPSA) is 121 Å². The molecule has 4 rings (SSSR count). The molecule has 10 heteroatoms. The van der Waals surface area contributed by atoms with E-state index in [1.807, 2.05) is 0 Å². The molecule has 0 spiro atoms. The largest absolute Gasteiger partial charge is 0.500 e. The molecule has 1 aromatic carbocycles. The van der Waals surface area contributed by atoms with Crippen molar-refractivity contribution >= 4 is 23.2 Å². The van der Waals surface area contributed by atoms with Gasteiger partial charge < -0.3 is 23.8 Å². The van der Waals surface area contributed by atoms with Gasteiger partial charge in [-0.3, -0.25) is 9.59 Å². The summed E-state index contributed by atoms with van der Waals surface area (Å²) >= 11 is 6.60. The molecule has 0 bridgehead atoms. The number of hydrogen-bond donors (Lipinski definition) is 1. The van der Waals surface area contributed by atoms with Gasteiger partial charge >= 0.3 is 0 Å². The first-order chi connectivity index (χ1) is 14.3. The van der Waals surface area contributed by atoms with Crippen LogP contribution in [0.1, 0.15) is 29.5 Å². The monoisotopic (exact) mass is 434 g/mol. The quantitative estimate of drug-likeness (QED) is 0.756. The molecule has 0 fully saturated rings. The van der Waals surface area contributed by atoms with Crippen molar-refractivity contribution in [2.45, 2.75) is 25.9 Å². The van der Waals surface area contributed by atoms with Crippen LogP contribution in [0.2, 0.25) is 5.02 Å². The molecule has 1 N–H and O–H groups in total. The average Bonchev–Trinajstić information content (AvgIpc) is 3.12. The van der Waals surface area contributed by atoms with E-state index < -0.39 is 11.5 Å². The SMILES string of the molecule is COC1=CC(=O)C[C@]2(C)Oc3c(Cl)c(-c4nc(C)no4)cc(OCCO)c3C(=O)[C@@H]12. The van der Waals surface area contributed by atoms with E-state index in [9.17, 15) is 14.7 Å². The fourth-order valence-electron chi connectivity index (χ4n) is 3.87. The van der Waals surface area contributed by atoms with Gasteiger partial charge in [-0.15, -0.1) is 0 Å². The summed E-state index contributed by atoms with van der Waals surface area (Å²) in [6, 6.07) is 1.50. The average molecular weight is 435 g/mol. The number of carbonyl (C=O) groups is 2. The number of ketones is 2. The second-order valence-electron chi connectivity index (χ2n) is 7.27. The van der Waals surface area contributed by atoms with Crippen LogP contribution in [0.3, 0.4) is 0 Å². The van der Waals surface area contributed by atoms with Crippen molar-refractivity contribution < 1.29 is 33.4 Å². The van der Waals surface area contributed by atoms with Crippen molar-refractivity contribution in [2.75, 3.05) is 20.3 Å². The van der Waals surface area contributed by atoms with Gasteiger partial charge in [-0.1, -0.05) is 16.8 Å². The van der Waals surface area contributed by atoms with Crippen molar-refractivity contribution in [3.05, 3.63) is 34.3 Å². The Kier molecular flexibility index (Phi) is 5.03. The third-order valence-electron chi connectivity index (χ3n) is 5.09. The van der Waals surface area contributed by atoms with Gasteiger partial charge in [0, 0.05) is 6.08 Å². The Bertz CT molecular complexity index is 1080. The Balaban J connectivity index is 1.94. The number of methoxy groups -OCH3 is 1. The van der Waals surface area contributed by atoms with Crippen LogP contribution >= 0.6 is 11.6 Å². The van der Waals surface area contributed by atoms with E-state index in [2.05, 4.69) is 10.1 Å². The van der Waals surface area contributed by atoms with Gasteiger partial charge in [0.05, 0.1) is 30.7 Å². The molecule has 2 heterocycles. The van der Waals surface area contributed by atoms with Gasteiger partial charge in [0.15, 0.2) is 23.1 Å². The normalized spacial score (nSPS) is 22.7. The summed E-state index contributed by atoms with van der Waals surface area (Å²) in [5.74, 6) is -0.494. The highest BCUT2D eigenvalue weighted by atomic mass is 35.5. The van der Waals surface area contributed by atoms with Gasteiger partial charge in [-0.05, 0) is 19.9 Å². The van der Waals surface area contributed by atoms with Crippen LogP contribution in [-0.4, -0.2) is 52.7 Å². The van der Waals surface area contributed by atoms with Crippen LogP contribution in [0, 0.1) is 12.8 Å². The minimum Gasteiger partial charge on any atom is -0.500 e. The van der Waals surface area contributed by atoms with Gasteiger partial charge in [0.2, 0.25) is 0 Å². The number of ether oxygens (including phenoxy) is 3. The molecule has 30 heavy (non-hydrogen) atoms. The lowest BCUT2D eigenvalue weighted by molar-refractivity contribution is -0.121. The van der Waals surface area contributed by atoms with Crippen LogP contribution in [0.5, 0.6) is 11.5 Å². The van der Waals surface area contributed by atoms with E-state index in [-0.39, 0.29) is 64.9 Å². The molecular formula is C20H19ClN2O7. The number of aromatic nitrogens is 2. The van der Waals surface area contributed by atoms with Crippen molar-refractivity contribution in [1.82, 2.24) is 10.1 Å². The number of allylic oxidation sites excluding steroid dienone is 1. The number of halogens is 1. The number of fused-ring (bicyclic) bond motifs is 2. The maximum absolute atomic E-state index is 13.6. The maximum Gasteiger partial charge on any atom is 0.259 e. The highest BCUT2D eigenvalue weighted by Crippen LogP contribution is 2.52. The van der Waals surface area contributed by atoms with Crippen molar-refractivity contribution in [1.29, 1.82) is 0 Å². The zero-order valence-electron chi connectivity index (χ0n) is 16.5. The minimum atomic E-state index is -1.19. The number of benzene rings is 1. The molecule has 1 aromatic heterocycles. The Morgan fingerprint density at radius 2 is 2.17 bits per heavy atom. The molecule has 2 aliphatic rings. The molecule has 158 valence electrons. The van der Waals surface area contributed by atoms with E-state index >= 15 is 0 Å². The number of aryl methyl sites for hydroxylation is 1. The van der Waals surface area contributed by atoms with Gasteiger partial charge in [-0.2, -0.15) is 4.98 Å². The molecular weight excluding hydrogens is 416 g/mol. The molecule has 2 aromatic rings. The van der Waals surface area contributed by atoms with Crippen molar-refractivity contribution in [3.8, 4) is 23.0 Å². The zero-order chi connectivity index (χ0) is 21.6. The molecule has 1 aliphatic heterocycles. The minimum absolute atomic E-state index is 0.0250. The predicted octanol–water partition coefficient (Wildman–Crippen LogP) is 2.52. The molecule has 9 nitrogen and oxygen atoms in total. The van der Waals surface area contributed by atoms with E-state index in [1.54, 1.807) is 13.8 Å². The Labute approximate surface area is 176 Å². The number of Topliss-reactive ketones (excluding diaryl/α,β-unsaturated/α-hetero) is 1. The fraction of sp³-hybridized carbons (Fsp3) is 0.400. The Hall–Kier alpha value is -2.91. The molecule has 0 unspecified atom stereocenters. The van der Waals surface area contributed by atoms with Crippen LogP contribution in [0.15, 0.2) is 22.4 Å². The van der Waals surface area contributed by atoms with E-state index in [0.717, 1.165) is 0 Å². The molecule has 0 radical (unpaired) electrons. The van der Waals surface area contributed by atoms with Crippen LogP contribution in [-0.2, 0) is 9.53 Å². The fourth-order valence-corrected chi connectivity index (χ4v) is 4.14. The van der Waals surface area contributed by atoms with E-state index in [0.29, 0.717) is 11.4 Å². The van der Waals surface area contributed by atoms with Gasteiger partial charge in [0.1, 0.15) is 35.2 Å². The van der Waals surface area contributed by atoms with Crippen LogP contribution in [0.4, 0.5) is 0 Å². The van der Waals surface area contributed by atoms with E-state index in [1.165, 1.54) is 19.3 Å². The number of aliphatic hydroxyl groups excluding tert-OH is 1. The van der Waals surface area contributed by atoms with Crippen LogP contribution in [0.25, 0.3) is 11.5 Å². The lowest BCUT2D eigenvalue weighted by Crippen LogP contribution is -2.52. The molecule has 1 aliphatic carbocycles. The Morgan fingerprint density at radius 1 is 1.40 bits per heavy atom. The maximum atomic E-state index is 13.6. The first-order valence-electron chi connectivity index (χ1n) is 9.21. The predicted molar refractivity (Wildman–Crippen MR) is 104 cm³/mol. The third-order valence-corrected chi connectivity index (χ3v) is 5.47. The lowest BCUT2D eigenvalue weighted by Gasteiger charge is -2.43. The number of carbonyl (C=O) groups excluding carboxylic acids is 2. The molecule has 0 saturated carbocycles. The smallest absolute Gasteiger partial charge is 0.259 e. The molecule has 0 saturated heterocycles. The van der Waals surface area contributed by atoms with Crippen molar-refractivity contribution in [3.63, 3.8) is 0 Å². The Morgan fingerprint density at radius 3 is 2.80 bits per heavy atom. The first kappa shape index (κ1) is 20.4. The molecule has 0 amide bonds. The second kappa shape index (κ2) is 7.41. The lowest BCUT2D eigenvalue weighted by atomic mass is 9.72. The second-order valence-corrected chi connectivity index (χ2v) is 7.64. The number of rotatable bonds is 5. The van der Waals surface area contributed by atoms with Crippen LogP contribution < -0.4 is 9.47 Å². The van der Waals surface area contributed by atoms with Gasteiger partial charge in [-0.25, -0.2) is 0 Å². The highest BCUT2D eigenvalue weighted by Gasteiger charge is 2.54. The summed E-state index contributed by atoms with van der Waals surface area (Å²) in [5, 5.41) is 13.0. The number of nitrogens with zero attached hydrogens (tertiary/aromatic N) is 2. The summed E-state index contributed by atoms with van der Waals surface area (Å²) in [6.45, 7) is 2.99. The summed E-state index contributed by atoms with van der Waals surface area (Å²) in [6.07, 6.45) is 1.28. The summed E-state index contributed by atoms with van der Waals surface area (Å²) < 4.78 is 22.4. The molecule has 2 atom stereocenters. The number of hydrogen-bond acceptors (Lipinski definition) is 9. The van der Waals surface area contributed by atoms with E-state index in [4.69, 9.17) is 30.3 Å². The summed E-state index contributed by atoms with van der Waals surface area (Å²) in [7, 11) is 1.39. The first-order valence-corrected chi connectivity index (χ1v) is 9.59. The third kappa shape index (κ3) is 3.14. The summed E-state index contributed by atoms with van der Waals surface area (Å²) in [4.78, 5) is 30.0.